The third kappa shape index (κ3) is 5.71. The van der Waals surface area contributed by atoms with Crippen molar-refractivity contribution in [2.75, 3.05) is 20.6 Å². The van der Waals surface area contributed by atoms with E-state index in [0.717, 1.165) is 6.54 Å². The van der Waals surface area contributed by atoms with E-state index in [1.165, 1.54) is 44.9 Å². The average Bonchev–Trinajstić information content (AvgIpc) is 2.36. The van der Waals surface area contributed by atoms with Gasteiger partial charge in [-0.3, -0.25) is 0 Å². The van der Waals surface area contributed by atoms with Crippen molar-refractivity contribution in [1.82, 2.24) is 10.2 Å². The van der Waals surface area contributed by atoms with E-state index in [-0.39, 0.29) is 5.54 Å². The Bertz CT molecular complexity index is 192. The van der Waals surface area contributed by atoms with Gasteiger partial charge in [0.15, 0.2) is 0 Å². The smallest absolute Gasteiger partial charge is 0.0325 e. The molecule has 0 bridgehead atoms. The van der Waals surface area contributed by atoms with Gasteiger partial charge in [0.2, 0.25) is 0 Å². The maximum absolute atomic E-state index is 3.70. The molecule has 0 aromatic carbocycles. The van der Waals surface area contributed by atoms with Crippen molar-refractivity contribution < 1.29 is 0 Å². The van der Waals surface area contributed by atoms with E-state index in [1.54, 1.807) is 0 Å². The molecule has 0 aliphatic heterocycles. The summed E-state index contributed by atoms with van der Waals surface area (Å²) in [5, 5.41) is 3.70. The quantitative estimate of drug-likeness (QED) is 0.561. The van der Waals surface area contributed by atoms with Crippen LogP contribution < -0.4 is 5.32 Å². The fraction of sp³-hybridized carbons (Fsp3) is 1.00. The standard InChI is InChI=1S/C16H36N2/c1-7-10-11-12-13-14-15(17-9-3)16(4,8-2)18(5)6/h15,17H,7-14H2,1-6H3. The van der Waals surface area contributed by atoms with Gasteiger partial charge in [0.05, 0.1) is 0 Å². The van der Waals surface area contributed by atoms with Crippen molar-refractivity contribution in [2.45, 2.75) is 84.2 Å². The zero-order valence-corrected chi connectivity index (χ0v) is 13.7. The van der Waals surface area contributed by atoms with Crippen molar-refractivity contribution in [1.29, 1.82) is 0 Å². The van der Waals surface area contributed by atoms with Crippen molar-refractivity contribution in [3.8, 4) is 0 Å². The lowest BCUT2D eigenvalue weighted by molar-refractivity contribution is 0.107. The lowest BCUT2D eigenvalue weighted by Gasteiger charge is -2.43. The molecule has 0 aromatic rings. The molecule has 0 saturated heterocycles. The molecule has 0 amide bonds. The van der Waals surface area contributed by atoms with Gasteiger partial charge in [0.1, 0.15) is 0 Å². The second-order valence-electron chi connectivity index (χ2n) is 5.92. The second-order valence-corrected chi connectivity index (χ2v) is 5.92. The van der Waals surface area contributed by atoms with Crippen LogP contribution in [0.3, 0.4) is 0 Å². The molecule has 2 heteroatoms. The molecule has 2 atom stereocenters. The zero-order chi connectivity index (χ0) is 14.0. The van der Waals surface area contributed by atoms with Gasteiger partial charge in [-0.15, -0.1) is 0 Å². The first-order valence-corrected chi connectivity index (χ1v) is 7.93. The van der Waals surface area contributed by atoms with Gasteiger partial charge in [-0.2, -0.15) is 0 Å². The Hall–Kier alpha value is -0.0800. The van der Waals surface area contributed by atoms with Crippen LogP contribution in [0, 0.1) is 0 Å². The Labute approximate surface area is 116 Å². The van der Waals surface area contributed by atoms with Crippen LogP contribution in [0.4, 0.5) is 0 Å². The fourth-order valence-electron chi connectivity index (χ4n) is 2.71. The first-order valence-electron chi connectivity index (χ1n) is 7.93. The number of likely N-dealkylation sites (N-methyl/N-ethyl adjacent to an activating group) is 2. The van der Waals surface area contributed by atoms with Crippen LogP contribution in [0.5, 0.6) is 0 Å². The molecule has 0 rings (SSSR count). The summed E-state index contributed by atoms with van der Waals surface area (Å²) in [7, 11) is 4.43. The van der Waals surface area contributed by atoms with Crippen LogP contribution >= 0.6 is 0 Å². The summed E-state index contributed by atoms with van der Waals surface area (Å²) < 4.78 is 0. The molecule has 0 fully saturated rings. The summed E-state index contributed by atoms with van der Waals surface area (Å²) in [4.78, 5) is 2.40. The highest BCUT2D eigenvalue weighted by Gasteiger charge is 2.33. The topological polar surface area (TPSA) is 15.3 Å². The summed E-state index contributed by atoms with van der Waals surface area (Å²) in [6.07, 6.45) is 9.39. The molecule has 0 saturated carbocycles. The minimum Gasteiger partial charge on any atom is -0.312 e. The van der Waals surface area contributed by atoms with Crippen LogP contribution in [0.15, 0.2) is 0 Å². The average molecular weight is 256 g/mol. The zero-order valence-electron chi connectivity index (χ0n) is 13.7. The molecule has 2 nitrogen and oxygen atoms in total. The van der Waals surface area contributed by atoms with Crippen LogP contribution in [-0.2, 0) is 0 Å². The highest BCUT2D eigenvalue weighted by Crippen LogP contribution is 2.25. The van der Waals surface area contributed by atoms with Gasteiger partial charge in [-0.05, 0) is 40.4 Å². The number of nitrogens with zero attached hydrogens (tertiary/aromatic N) is 1. The Balaban J connectivity index is 4.27. The highest BCUT2D eigenvalue weighted by atomic mass is 15.2. The predicted molar refractivity (Wildman–Crippen MR) is 83.2 cm³/mol. The van der Waals surface area contributed by atoms with Gasteiger partial charge >= 0.3 is 0 Å². The van der Waals surface area contributed by atoms with Crippen LogP contribution in [0.2, 0.25) is 0 Å². The summed E-state index contributed by atoms with van der Waals surface area (Å²) in [5.74, 6) is 0. The maximum atomic E-state index is 3.70. The van der Waals surface area contributed by atoms with Gasteiger partial charge in [-0.1, -0.05) is 52.9 Å². The van der Waals surface area contributed by atoms with E-state index in [2.05, 4.69) is 52.0 Å². The third-order valence-electron chi connectivity index (χ3n) is 4.54. The Morgan fingerprint density at radius 2 is 1.61 bits per heavy atom. The molecular weight excluding hydrogens is 220 g/mol. The van der Waals surface area contributed by atoms with Gasteiger partial charge < -0.3 is 10.2 Å². The molecule has 18 heavy (non-hydrogen) atoms. The molecule has 0 aliphatic rings. The summed E-state index contributed by atoms with van der Waals surface area (Å²) in [5.41, 5.74) is 0.279. The second kappa shape index (κ2) is 9.80. The van der Waals surface area contributed by atoms with Crippen LogP contribution in [-0.4, -0.2) is 37.1 Å². The van der Waals surface area contributed by atoms with Crippen molar-refractivity contribution in [2.24, 2.45) is 0 Å². The SMILES string of the molecule is CCCCCCCC(NCC)C(C)(CC)N(C)C. The van der Waals surface area contributed by atoms with Crippen molar-refractivity contribution in [3.63, 3.8) is 0 Å². The predicted octanol–water partition coefficient (Wildman–Crippen LogP) is 4.06. The lowest BCUT2D eigenvalue weighted by Crippen LogP contribution is -2.56. The van der Waals surface area contributed by atoms with E-state index >= 15 is 0 Å². The van der Waals surface area contributed by atoms with Crippen molar-refractivity contribution >= 4 is 0 Å². The number of hydrogen-bond donors (Lipinski definition) is 1. The molecule has 110 valence electrons. The fourth-order valence-corrected chi connectivity index (χ4v) is 2.71. The normalized spacial score (nSPS) is 16.8. The largest absolute Gasteiger partial charge is 0.312 e. The number of nitrogens with one attached hydrogen (secondary N) is 1. The van der Waals surface area contributed by atoms with Crippen LogP contribution in [0.1, 0.15) is 72.6 Å². The number of rotatable bonds is 11. The molecule has 0 spiro atoms. The maximum Gasteiger partial charge on any atom is 0.0325 e. The lowest BCUT2D eigenvalue weighted by atomic mass is 9.84. The first kappa shape index (κ1) is 17.9. The summed E-state index contributed by atoms with van der Waals surface area (Å²) in [6.45, 7) is 10.3. The number of unbranched alkanes of at least 4 members (excludes halogenated alkanes) is 4. The highest BCUT2D eigenvalue weighted by molar-refractivity contribution is 4.93. The molecule has 0 aliphatic carbocycles. The summed E-state index contributed by atoms with van der Waals surface area (Å²) in [6, 6.07) is 0.615. The third-order valence-corrected chi connectivity index (χ3v) is 4.54. The first-order chi connectivity index (χ1) is 8.52. The Morgan fingerprint density at radius 1 is 1.00 bits per heavy atom. The van der Waals surface area contributed by atoms with Gasteiger partial charge in [0, 0.05) is 11.6 Å². The minimum absolute atomic E-state index is 0.279. The van der Waals surface area contributed by atoms with Gasteiger partial charge in [0.25, 0.3) is 0 Å². The molecule has 0 radical (unpaired) electrons. The molecule has 1 N–H and O–H groups in total. The Morgan fingerprint density at radius 3 is 2.06 bits per heavy atom. The van der Waals surface area contributed by atoms with E-state index in [9.17, 15) is 0 Å². The van der Waals surface area contributed by atoms with Crippen molar-refractivity contribution in [3.05, 3.63) is 0 Å². The van der Waals surface area contributed by atoms with E-state index in [1.807, 2.05) is 0 Å². The van der Waals surface area contributed by atoms with Gasteiger partial charge in [-0.25, -0.2) is 0 Å². The van der Waals surface area contributed by atoms with E-state index in [4.69, 9.17) is 0 Å². The Kier molecular flexibility index (Phi) is 9.76. The van der Waals surface area contributed by atoms with Crippen LogP contribution in [0.25, 0.3) is 0 Å². The number of hydrogen-bond acceptors (Lipinski definition) is 2. The van der Waals surface area contributed by atoms with E-state index < -0.39 is 0 Å². The summed E-state index contributed by atoms with van der Waals surface area (Å²) >= 11 is 0. The molecule has 0 heterocycles. The molecule has 2 unspecified atom stereocenters. The molecule has 0 aromatic heterocycles. The minimum atomic E-state index is 0.279. The monoisotopic (exact) mass is 256 g/mol. The van der Waals surface area contributed by atoms with E-state index in [0.29, 0.717) is 6.04 Å². The molecular formula is C16H36N2.